The number of imide groups is 1. The van der Waals surface area contributed by atoms with Crippen molar-refractivity contribution in [3.05, 3.63) is 93.4 Å². The standard InChI is InChI=1S/C30H30N2O5S/c1-5-36-26-15-23(11-13-25(26)37-18-28(33)31-24-12-8-20(3)21(4)14-24)16-27-29(34)32(30(35)38-27)17-22-9-6-19(2)7-10-22/h6-16H,5,17-18H2,1-4H3,(H,31,33)/b27-16+. The monoisotopic (exact) mass is 530 g/mol. The number of thioether (sulfide) groups is 1. The van der Waals surface area contributed by atoms with Crippen LogP contribution in [0.3, 0.4) is 0 Å². The van der Waals surface area contributed by atoms with Gasteiger partial charge in [-0.2, -0.15) is 0 Å². The Hall–Kier alpha value is -4.04. The average Bonchev–Trinajstić information content (AvgIpc) is 3.14. The number of benzene rings is 3. The third-order valence-electron chi connectivity index (χ3n) is 6.05. The number of nitrogens with one attached hydrogen (secondary N) is 1. The van der Waals surface area contributed by atoms with E-state index in [4.69, 9.17) is 9.47 Å². The van der Waals surface area contributed by atoms with E-state index in [9.17, 15) is 14.4 Å². The van der Waals surface area contributed by atoms with Gasteiger partial charge in [-0.1, -0.05) is 42.0 Å². The fourth-order valence-corrected chi connectivity index (χ4v) is 4.66. The van der Waals surface area contributed by atoms with Crippen molar-refractivity contribution in [2.45, 2.75) is 34.2 Å². The molecule has 1 saturated heterocycles. The van der Waals surface area contributed by atoms with Gasteiger partial charge in [0.15, 0.2) is 18.1 Å². The second-order valence-corrected chi connectivity index (χ2v) is 10.0. The van der Waals surface area contributed by atoms with Gasteiger partial charge in [-0.15, -0.1) is 0 Å². The zero-order valence-electron chi connectivity index (χ0n) is 21.9. The maximum Gasteiger partial charge on any atom is 0.293 e. The first kappa shape index (κ1) is 27.0. The van der Waals surface area contributed by atoms with Crippen LogP contribution in [0.5, 0.6) is 11.5 Å². The molecule has 3 aromatic carbocycles. The fourth-order valence-electron chi connectivity index (χ4n) is 3.83. The Balaban J connectivity index is 1.43. The summed E-state index contributed by atoms with van der Waals surface area (Å²) in [4.78, 5) is 39.5. The minimum Gasteiger partial charge on any atom is -0.490 e. The smallest absolute Gasteiger partial charge is 0.293 e. The summed E-state index contributed by atoms with van der Waals surface area (Å²) in [5.74, 6) is 0.231. The molecule has 0 spiro atoms. The van der Waals surface area contributed by atoms with Gasteiger partial charge in [0.05, 0.1) is 18.1 Å². The van der Waals surface area contributed by atoms with E-state index in [-0.39, 0.29) is 30.2 Å². The number of amides is 3. The van der Waals surface area contributed by atoms with E-state index in [0.29, 0.717) is 34.3 Å². The fraction of sp³-hybridized carbons (Fsp3) is 0.233. The van der Waals surface area contributed by atoms with Crippen molar-refractivity contribution < 1.29 is 23.9 Å². The third kappa shape index (κ3) is 6.63. The normalized spacial score (nSPS) is 14.2. The summed E-state index contributed by atoms with van der Waals surface area (Å²) in [6.07, 6.45) is 1.67. The molecular formula is C30H30N2O5S. The van der Waals surface area contributed by atoms with Gasteiger partial charge in [0.2, 0.25) is 0 Å². The van der Waals surface area contributed by atoms with Gasteiger partial charge in [-0.05, 0) is 92.1 Å². The van der Waals surface area contributed by atoms with Crippen molar-refractivity contribution in [3.8, 4) is 11.5 Å². The Morgan fingerprint density at radius 3 is 2.39 bits per heavy atom. The first-order chi connectivity index (χ1) is 18.2. The summed E-state index contributed by atoms with van der Waals surface area (Å²) >= 11 is 0.913. The maximum atomic E-state index is 13.0. The molecule has 1 fully saturated rings. The van der Waals surface area contributed by atoms with Crippen LogP contribution in [0.1, 0.15) is 34.7 Å². The molecule has 0 aliphatic carbocycles. The number of nitrogens with zero attached hydrogens (tertiary/aromatic N) is 1. The van der Waals surface area contributed by atoms with Crippen LogP contribution in [0.2, 0.25) is 0 Å². The van der Waals surface area contributed by atoms with E-state index in [1.165, 1.54) is 4.90 Å². The summed E-state index contributed by atoms with van der Waals surface area (Å²) in [7, 11) is 0. The Morgan fingerprint density at radius 2 is 1.68 bits per heavy atom. The van der Waals surface area contributed by atoms with Gasteiger partial charge in [-0.25, -0.2) is 0 Å². The minimum atomic E-state index is -0.332. The molecule has 0 bridgehead atoms. The molecule has 4 rings (SSSR count). The predicted octanol–water partition coefficient (Wildman–Crippen LogP) is 6.26. The van der Waals surface area contributed by atoms with Crippen molar-refractivity contribution in [2.75, 3.05) is 18.5 Å². The molecule has 0 saturated carbocycles. The first-order valence-corrected chi connectivity index (χ1v) is 13.1. The Labute approximate surface area is 226 Å². The highest BCUT2D eigenvalue weighted by Gasteiger charge is 2.35. The average molecular weight is 531 g/mol. The summed E-state index contributed by atoms with van der Waals surface area (Å²) in [6.45, 7) is 8.26. The second-order valence-electron chi connectivity index (χ2n) is 9.03. The van der Waals surface area contributed by atoms with Crippen LogP contribution in [0.25, 0.3) is 6.08 Å². The highest BCUT2D eigenvalue weighted by Crippen LogP contribution is 2.35. The molecule has 0 aromatic heterocycles. The summed E-state index contributed by atoms with van der Waals surface area (Å²) in [5, 5.41) is 2.53. The Morgan fingerprint density at radius 1 is 0.921 bits per heavy atom. The van der Waals surface area contributed by atoms with Crippen LogP contribution in [0.15, 0.2) is 65.6 Å². The van der Waals surface area contributed by atoms with Crippen LogP contribution in [0, 0.1) is 20.8 Å². The van der Waals surface area contributed by atoms with Crippen LogP contribution in [-0.4, -0.2) is 35.2 Å². The number of aryl methyl sites for hydroxylation is 3. The number of hydrogen-bond acceptors (Lipinski definition) is 6. The van der Waals surface area contributed by atoms with Gasteiger partial charge in [0.1, 0.15) is 0 Å². The summed E-state index contributed by atoms with van der Waals surface area (Å²) in [6, 6.07) is 18.6. The van der Waals surface area contributed by atoms with Gasteiger partial charge >= 0.3 is 0 Å². The molecule has 1 aliphatic rings. The minimum absolute atomic E-state index is 0.190. The lowest BCUT2D eigenvalue weighted by Crippen LogP contribution is -2.27. The summed E-state index contributed by atoms with van der Waals surface area (Å²) in [5.41, 5.74) is 5.63. The van der Waals surface area contributed by atoms with Gasteiger partial charge in [-0.3, -0.25) is 19.3 Å². The van der Waals surface area contributed by atoms with Crippen molar-refractivity contribution in [1.29, 1.82) is 0 Å². The van der Waals surface area contributed by atoms with Crippen LogP contribution >= 0.6 is 11.8 Å². The molecule has 8 heteroatoms. The van der Waals surface area contributed by atoms with Crippen LogP contribution < -0.4 is 14.8 Å². The van der Waals surface area contributed by atoms with Gasteiger partial charge in [0, 0.05) is 5.69 Å². The van der Waals surface area contributed by atoms with E-state index in [0.717, 1.165) is 34.0 Å². The largest absolute Gasteiger partial charge is 0.490 e. The number of ether oxygens (including phenoxy) is 2. The lowest BCUT2D eigenvalue weighted by Gasteiger charge is -2.13. The Kier molecular flexibility index (Phi) is 8.53. The quantitative estimate of drug-likeness (QED) is 0.329. The highest BCUT2D eigenvalue weighted by atomic mass is 32.2. The van der Waals surface area contributed by atoms with E-state index in [1.807, 2.05) is 70.2 Å². The second kappa shape index (κ2) is 12.0. The summed E-state index contributed by atoms with van der Waals surface area (Å²) < 4.78 is 11.5. The molecule has 1 aliphatic heterocycles. The third-order valence-corrected chi connectivity index (χ3v) is 6.96. The number of rotatable bonds is 9. The molecule has 3 amide bonds. The molecule has 0 unspecified atom stereocenters. The van der Waals surface area contributed by atoms with Crippen LogP contribution in [0.4, 0.5) is 10.5 Å². The van der Waals surface area contributed by atoms with Crippen molar-refractivity contribution in [2.24, 2.45) is 0 Å². The molecule has 38 heavy (non-hydrogen) atoms. The maximum absolute atomic E-state index is 13.0. The number of anilines is 1. The zero-order chi connectivity index (χ0) is 27.2. The number of carbonyl (C=O) groups is 3. The predicted molar refractivity (Wildman–Crippen MR) is 150 cm³/mol. The van der Waals surface area contributed by atoms with E-state index in [1.54, 1.807) is 24.3 Å². The highest BCUT2D eigenvalue weighted by molar-refractivity contribution is 8.18. The lowest BCUT2D eigenvalue weighted by molar-refractivity contribution is -0.123. The lowest BCUT2D eigenvalue weighted by atomic mass is 10.1. The molecule has 3 aromatic rings. The molecular weight excluding hydrogens is 500 g/mol. The first-order valence-electron chi connectivity index (χ1n) is 12.3. The topological polar surface area (TPSA) is 84.9 Å². The zero-order valence-corrected chi connectivity index (χ0v) is 22.7. The van der Waals surface area contributed by atoms with E-state index >= 15 is 0 Å². The van der Waals surface area contributed by atoms with Gasteiger partial charge < -0.3 is 14.8 Å². The van der Waals surface area contributed by atoms with Crippen molar-refractivity contribution in [3.63, 3.8) is 0 Å². The SMILES string of the molecule is CCOc1cc(/C=C2/SC(=O)N(Cc3ccc(C)cc3)C2=O)ccc1OCC(=O)Nc1ccc(C)c(C)c1. The molecule has 0 atom stereocenters. The van der Waals surface area contributed by atoms with Crippen LogP contribution in [-0.2, 0) is 16.1 Å². The molecule has 196 valence electrons. The number of hydrogen-bond donors (Lipinski definition) is 1. The Bertz CT molecular complexity index is 1400. The number of carbonyl (C=O) groups excluding carboxylic acids is 3. The van der Waals surface area contributed by atoms with Gasteiger partial charge in [0.25, 0.3) is 17.1 Å². The van der Waals surface area contributed by atoms with E-state index in [2.05, 4.69) is 5.32 Å². The molecule has 7 nitrogen and oxygen atoms in total. The van der Waals surface area contributed by atoms with E-state index < -0.39 is 0 Å². The van der Waals surface area contributed by atoms with Crippen molar-refractivity contribution in [1.82, 2.24) is 4.90 Å². The van der Waals surface area contributed by atoms with Crippen molar-refractivity contribution >= 4 is 40.6 Å². The molecule has 1 N–H and O–H groups in total. The molecule has 0 radical (unpaired) electrons. The molecule has 1 heterocycles.